The molecule has 2 aromatic heterocycles. The van der Waals surface area contributed by atoms with Crippen LogP contribution in [-0.2, 0) is 23.4 Å². The Kier molecular flexibility index (Phi) is 9.36. The standard InChI is InChI=1S/C24H31ClFN6O8P/c1-5-36-20-17-19(29-23(27)30-20)32(12-28-17)22-24(25,26)18(33)16(39-22)11-37-41(35,40-15-9-7-6-8-10-15)31-14(4)21(34)38-13(2)3/h6-10,12-14,16,18,22,33H,5,11H2,1-4H3,(H,31,35)(H2,27,29,30)/t14-,16+,18+,22+,24-,41+/m0/s1. The number of hydrogen-bond acceptors (Lipinski definition) is 12. The number of nitrogen functional groups attached to an aromatic ring is 1. The fourth-order valence-electron chi connectivity index (χ4n) is 3.93. The molecule has 17 heteroatoms. The fraction of sp³-hybridized carbons (Fsp3) is 0.500. The molecule has 4 rings (SSSR count). The first-order chi connectivity index (χ1) is 19.3. The molecule has 4 N–H and O–H groups in total. The van der Waals surface area contributed by atoms with Crippen LogP contribution in [0.3, 0.4) is 0 Å². The average molecular weight is 617 g/mol. The van der Waals surface area contributed by atoms with E-state index in [0.717, 1.165) is 4.57 Å². The lowest BCUT2D eigenvalue weighted by Crippen LogP contribution is -2.40. The van der Waals surface area contributed by atoms with Crippen molar-refractivity contribution in [1.29, 1.82) is 0 Å². The van der Waals surface area contributed by atoms with E-state index < -0.39 is 56.0 Å². The van der Waals surface area contributed by atoms with Gasteiger partial charge < -0.3 is 29.6 Å². The Morgan fingerprint density at radius 2 is 2.02 bits per heavy atom. The summed E-state index contributed by atoms with van der Waals surface area (Å²) in [6.45, 7) is 6.06. The molecule has 224 valence electrons. The molecule has 3 aromatic rings. The lowest BCUT2D eigenvalue weighted by Gasteiger charge is -2.25. The molecule has 41 heavy (non-hydrogen) atoms. The number of nitrogens with two attached hydrogens (primary N) is 1. The van der Waals surface area contributed by atoms with Gasteiger partial charge in [0, 0.05) is 0 Å². The Hall–Kier alpha value is -3.07. The van der Waals surface area contributed by atoms with Crippen LogP contribution in [0, 0.1) is 0 Å². The second-order valence-electron chi connectivity index (χ2n) is 9.32. The van der Waals surface area contributed by atoms with E-state index in [9.17, 15) is 14.5 Å². The van der Waals surface area contributed by atoms with E-state index >= 15 is 4.39 Å². The summed E-state index contributed by atoms with van der Waals surface area (Å²) < 4.78 is 58.1. The number of nitrogens with one attached hydrogen (secondary N) is 1. The normalized spacial score (nSPS) is 24.7. The third-order valence-electron chi connectivity index (χ3n) is 5.75. The number of ether oxygens (including phenoxy) is 3. The Morgan fingerprint density at radius 1 is 1.32 bits per heavy atom. The molecule has 0 aliphatic carbocycles. The minimum Gasteiger partial charge on any atom is -0.476 e. The molecule has 1 aliphatic rings. The third-order valence-corrected chi connectivity index (χ3v) is 7.81. The maximum atomic E-state index is 15.8. The monoisotopic (exact) mass is 616 g/mol. The highest BCUT2D eigenvalue weighted by atomic mass is 35.5. The van der Waals surface area contributed by atoms with Crippen LogP contribution in [0.2, 0.25) is 0 Å². The van der Waals surface area contributed by atoms with Crippen molar-refractivity contribution >= 4 is 42.4 Å². The van der Waals surface area contributed by atoms with E-state index in [1.807, 2.05) is 0 Å². The van der Waals surface area contributed by atoms with E-state index in [1.54, 1.807) is 39.0 Å². The summed E-state index contributed by atoms with van der Waals surface area (Å²) in [4.78, 5) is 24.6. The largest absolute Gasteiger partial charge is 0.476 e. The Morgan fingerprint density at radius 3 is 2.68 bits per heavy atom. The van der Waals surface area contributed by atoms with Gasteiger partial charge in [0.25, 0.3) is 5.13 Å². The molecule has 1 fully saturated rings. The number of hydrogen-bond donors (Lipinski definition) is 3. The van der Waals surface area contributed by atoms with Gasteiger partial charge in [0.2, 0.25) is 11.8 Å². The molecule has 1 aliphatic heterocycles. The number of imidazole rings is 1. The smallest absolute Gasteiger partial charge is 0.459 e. The summed E-state index contributed by atoms with van der Waals surface area (Å²) in [5, 5.41) is 10.4. The number of aliphatic hydroxyl groups excluding tert-OH is 1. The highest BCUT2D eigenvalue weighted by molar-refractivity contribution is 7.52. The molecule has 3 heterocycles. The topological polar surface area (TPSA) is 182 Å². The second kappa shape index (κ2) is 12.4. The number of alkyl halides is 2. The molecule has 0 amide bonds. The van der Waals surface area contributed by atoms with Gasteiger partial charge in [-0.25, -0.2) is 13.9 Å². The molecule has 0 bridgehead atoms. The maximum Gasteiger partial charge on any atom is 0.459 e. The van der Waals surface area contributed by atoms with Crippen molar-refractivity contribution in [3.8, 4) is 11.6 Å². The van der Waals surface area contributed by atoms with E-state index in [0.29, 0.717) is 0 Å². The molecular formula is C24H31ClFN6O8P. The predicted molar refractivity (Wildman–Crippen MR) is 145 cm³/mol. The first kappa shape index (κ1) is 30.9. The van der Waals surface area contributed by atoms with Crippen LogP contribution >= 0.6 is 19.3 Å². The van der Waals surface area contributed by atoms with Crippen molar-refractivity contribution in [1.82, 2.24) is 24.6 Å². The van der Waals surface area contributed by atoms with E-state index in [2.05, 4.69) is 20.0 Å². The number of para-hydroxylation sites is 1. The van der Waals surface area contributed by atoms with Gasteiger partial charge in [0.1, 0.15) is 24.0 Å². The number of benzene rings is 1. The van der Waals surface area contributed by atoms with Gasteiger partial charge in [0.05, 0.1) is 25.6 Å². The zero-order chi connectivity index (χ0) is 29.9. The van der Waals surface area contributed by atoms with Gasteiger partial charge in [-0.2, -0.15) is 15.1 Å². The summed E-state index contributed by atoms with van der Waals surface area (Å²) in [5.41, 5.74) is 5.99. The van der Waals surface area contributed by atoms with Crippen LogP contribution < -0.4 is 20.1 Å². The Balaban J connectivity index is 1.56. The molecule has 6 atom stereocenters. The Bertz CT molecular complexity index is 1410. The number of rotatable bonds is 12. The van der Waals surface area contributed by atoms with E-state index in [4.69, 9.17) is 40.6 Å². The van der Waals surface area contributed by atoms with Crippen molar-refractivity contribution in [2.75, 3.05) is 18.9 Å². The molecule has 0 saturated carbocycles. The lowest BCUT2D eigenvalue weighted by molar-refractivity contribution is -0.149. The van der Waals surface area contributed by atoms with Crippen LogP contribution in [0.4, 0.5) is 10.3 Å². The number of aliphatic hydroxyl groups is 1. The molecule has 0 spiro atoms. The quantitative estimate of drug-likeness (QED) is 0.153. The molecule has 1 aromatic carbocycles. The highest BCUT2D eigenvalue weighted by Gasteiger charge is 2.58. The molecular weight excluding hydrogens is 586 g/mol. The fourth-order valence-corrected chi connectivity index (χ4v) is 5.73. The summed E-state index contributed by atoms with van der Waals surface area (Å²) in [5.74, 6) is -0.652. The molecule has 0 radical (unpaired) electrons. The van der Waals surface area contributed by atoms with Crippen LogP contribution in [-0.4, -0.2) is 73.3 Å². The highest BCUT2D eigenvalue weighted by Crippen LogP contribution is 2.49. The summed E-state index contributed by atoms with van der Waals surface area (Å²) in [6.07, 6.45) is -4.31. The number of halogens is 2. The number of aromatic nitrogens is 4. The number of nitrogens with zero attached hydrogens (tertiary/aromatic N) is 4. The number of anilines is 1. The van der Waals surface area contributed by atoms with Gasteiger partial charge in [-0.15, -0.1) is 0 Å². The SMILES string of the molecule is CCOc1nc(N)nc2c1ncn2[C@@H]1O[C@H](CO[P@](=O)(N[C@@H](C)C(=O)OC(C)C)Oc2ccccc2)[C@@H](O)[C@@]1(F)Cl. The van der Waals surface area contributed by atoms with Crippen molar-refractivity contribution < 1.29 is 42.1 Å². The average Bonchev–Trinajstić information content (AvgIpc) is 3.41. The van der Waals surface area contributed by atoms with Crippen molar-refractivity contribution in [3.63, 3.8) is 0 Å². The third kappa shape index (κ3) is 6.88. The van der Waals surface area contributed by atoms with Crippen LogP contribution in [0.5, 0.6) is 11.6 Å². The Labute approximate surface area is 239 Å². The van der Waals surface area contributed by atoms with Gasteiger partial charge >= 0.3 is 13.7 Å². The van der Waals surface area contributed by atoms with Gasteiger partial charge in [-0.05, 0) is 39.8 Å². The number of esters is 1. The molecule has 1 saturated heterocycles. The maximum absolute atomic E-state index is 15.8. The van der Waals surface area contributed by atoms with Crippen LogP contribution in [0.25, 0.3) is 11.2 Å². The minimum absolute atomic E-state index is 0.0413. The number of carbonyl (C=O) groups excluding carboxylic acids is 1. The first-order valence-electron chi connectivity index (χ1n) is 12.7. The first-order valence-corrected chi connectivity index (χ1v) is 14.6. The van der Waals surface area contributed by atoms with E-state index in [-0.39, 0.29) is 35.3 Å². The zero-order valence-corrected chi connectivity index (χ0v) is 24.3. The summed E-state index contributed by atoms with van der Waals surface area (Å²) in [7, 11) is -4.34. The van der Waals surface area contributed by atoms with Crippen molar-refractivity contribution in [2.24, 2.45) is 0 Å². The summed E-state index contributed by atoms with van der Waals surface area (Å²) >= 11 is 6.14. The van der Waals surface area contributed by atoms with Crippen LogP contribution in [0.15, 0.2) is 36.7 Å². The van der Waals surface area contributed by atoms with Crippen molar-refractivity contribution in [2.45, 2.75) is 63.4 Å². The minimum atomic E-state index is -4.34. The van der Waals surface area contributed by atoms with Crippen LogP contribution in [0.1, 0.15) is 33.9 Å². The van der Waals surface area contributed by atoms with Gasteiger partial charge in [0.15, 0.2) is 17.4 Å². The van der Waals surface area contributed by atoms with Gasteiger partial charge in [-0.3, -0.25) is 13.9 Å². The summed E-state index contributed by atoms with van der Waals surface area (Å²) in [6, 6.07) is 6.91. The molecule has 14 nitrogen and oxygen atoms in total. The molecule has 0 unspecified atom stereocenters. The lowest BCUT2D eigenvalue weighted by atomic mass is 10.1. The number of carbonyl (C=O) groups is 1. The predicted octanol–water partition coefficient (Wildman–Crippen LogP) is 3.10. The number of fused-ring (bicyclic) bond motifs is 1. The van der Waals surface area contributed by atoms with Crippen molar-refractivity contribution in [3.05, 3.63) is 36.7 Å². The second-order valence-corrected chi connectivity index (χ2v) is 11.6. The van der Waals surface area contributed by atoms with Gasteiger partial charge in [-0.1, -0.05) is 29.8 Å². The van der Waals surface area contributed by atoms with E-state index in [1.165, 1.54) is 25.4 Å². The zero-order valence-electron chi connectivity index (χ0n) is 22.6.